The maximum atomic E-state index is 12.7. The first-order chi connectivity index (χ1) is 13.2. The van der Waals surface area contributed by atoms with Crippen LogP contribution in [0, 0.1) is 28.6 Å². The molecule has 0 bridgehead atoms. The number of aliphatic hydroxyl groups is 2. The number of hydrogen-bond donors (Lipinski definition) is 2. The Kier molecular flexibility index (Phi) is 4.58. The average molecular weight is 390 g/mol. The Morgan fingerprint density at radius 1 is 1.25 bits per heavy atom. The van der Waals surface area contributed by atoms with E-state index in [1.807, 2.05) is 13.0 Å². The van der Waals surface area contributed by atoms with Gasteiger partial charge < -0.3 is 14.9 Å². The smallest absolute Gasteiger partial charge is 0.293 e. The van der Waals surface area contributed by atoms with Gasteiger partial charge in [-0.25, -0.2) is 0 Å². The summed E-state index contributed by atoms with van der Waals surface area (Å²) in [6.45, 7) is 3.87. The number of fused-ring (bicyclic) bond motifs is 5. The summed E-state index contributed by atoms with van der Waals surface area (Å²) >= 11 is 0. The molecule has 0 aromatic rings. The summed E-state index contributed by atoms with van der Waals surface area (Å²) in [5.74, 6) is 0.342. The second-order valence-electron chi connectivity index (χ2n) is 9.77. The fraction of sp³-hybridized carbons (Fsp3) is 0.773. The summed E-state index contributed by atoms with van der Waals surface area (Å²) in [4.78, 5) is 35.2. The fourth-order valence-corrected chi connectivity index (χ4v) is 7.30. The fourth-order valence-electron chi connectivity index (χ4n) is 7.30. The van der Waals surface area contributed by atoms with Crippen LogP contribution in [0.4, 0.5) is 0 Å². The topological polar surface area (TPSA) is 101 Å². The summed E-state index contributed by atoms with van der Waals surface area (Å²) in [7, 11) is 0. The minimum Gasteiger partial charge on any atom is -0.460 e. The number of Topliss-reactive ketones (excluding diaryl/α,β-unsaturated/α-hetero) is 1. The molecule has 7 atom stereocenters. The van der Waals surface area contributed by atoms with Crippen molar-refractivity contribution in [3.63, 3.8) is 0 Å². The van der Waals surface area contributed by atoms with Crippen LogP contribution < -0.4 is 0 Å². The molecule has 2 N–H and O–H groups in total. The molecule has 6 nitrogen and oxygen atoms in total. The highest BCUT2D eigenvalue weighted by atomic mass is 16.5. The van der Waals surface area contributed by atoms with E-state index in [2.05, 4.69) is 11.7 Å². The Morgan fingerprint density at radius 2 is 2.00 bits per heavy atom. The first-order valence-corrected chi connectivity index (χ1v) is 10.4. The Labute approximate surface area is 165 Å². The summed E-state index contributed by atoms with van der Waals surface area (Å²) in [6.07, 6.45) is 5.81. The van der Waals surface area contributed by atoms with Gasteiger partial charge in [0.2, 0.25) is 5.78 Å². The Hall–Kier alpha value is -1.53. The van der Waals surface area contributed by atoms with E-state index in [-0.39, 0.29) is 23.6 Å². The largest absolute Gasteiger partial charge is 0.460 e. The SMILES string of the molecule is C[C@]12CCC(=O)C=C1CC[C@@H]1[C@@H]2CC[C@@]2(C)[C@H]1C[C@@H](O)[C@]2(O)C(=O)COC=O. The van der Waals surface area contributed by atoms with Crippen molar-refractivity contribution in [2.45, 2.75) is 70.5 Å². The van der Waals surface area contributed by atoms with Gasteiger partial charge in [-0.05, 0) is 67.8 Å². The van der Waals surface area contributed by atoms with E-state index < -0.39 is 29.5 Å². The van der Waals surface area contributed by atoms with Crippen LogP contribution in [0.15, 0.2) is 11.6 Å². The first kappa shape index (κ1) is 19.8. The Bertz CT molecular complexity index is 743. The number of hydrogen-bond acceptors (Lipinski definition) is 6. The van der Waals surface area contributed by atoms with Crippen molar-refractivity contribution < 1.29 is 29.3 Å². The predicted octanol–water partition coefficient (Wildman–Crippen LogP) is 1.96. The van der Waals surface area contributed by atoms with Gasteiger partial charge in [0.15, 0.2) is 18.0 Å². The molecule has 0 radical (unpaired) electrons. The van der Waals surface area contributed by atoms with Gasteiger partial charge in [0, 0.05) is 11.8 Å². The monoisotopic (exact) mass is 390 g/mol. The number of carbonyl (C=O) groups is 3. The van der Waals surface area contributed by atoms with Crippen molar-refractivity contribution in [2.24, 2.45) is 28.6 Å². The van der Waals surface area contributed by atoms with Gasteiger partial charge in [-0.15, -0.1) is 0 Å². The molecule has 0 amide bonds. The zero-order valence-electron chi connectivity index (χ0n) is 16.6. The first-order valence-electron chi connectivity index (χ1n) is 10.4. The number of aliphatic hydroxyl groups excluding tert-OH is 1. The molecule has 3 saturated carbocycles. The van der Waals surface area contributed by atoms with Crippen molar-refractivity contribution >= 4 is 18.0 Å². The van der Waals surface area contributed by atoms with Crippen molar-refractivity contribution in [1.29, 1.82) is 0 Å². The molecule has 4 aliphatic rings. The van der Waals surface area contributed by atoms with Gasteiger partial charge in [0.1, 0.15) is 0 Å². The van der Waals surface area contributed by atoms with E-state index in [1.54, 1.807) is 0 Å². The lowest BCUT2D eigenvalue weighted by Gasteiger charge is -2.58. The van der Waals surface area contributed by atoms with Crippen LogP contribution in [-0.2, 0) is 19.1 Å². The highest BCUT2D eigenvalue weighted by Gasteiger charge is 2.69. The number of carbonyl (C=O) groups excluding carboxylic acids is 3. The van der Waals surface area contributed by atoms with Crippen molar-refractivity contribution in [2.75, 3.05) is 6.61 Å². The summed E-state index contributed by atoms with van der Waals surface area (Å²) < 4.78 is 4.61. The maximum absolute atomic E-state index is 12.7. The van der Waals surface area contributed by atoms with E-state index in [9.17, 15) is 24.6 Å². The molecule has 0 unspecified atom stereocenters. The molecule has 154 valence electrons. The van der Waals surface area contributed by atoms with E-state index in [0.717, 1.165) is 25.7 Å². The Balaban J connectivity index is 1.67. The van der Waals surface area contributed by atoms with Gasteiger partial charge in [-0.3, -0.25) is 14.4 Å². The lowest BCUT2D eigenvalue weighted by molar-refractivity contribution is -0.180. The third kappa shape index (κ3) is 2.43. The lowest BCUT2D eigenvalue weighted by atomic mass is 9.46. The van der Waals surface area contributed by atoms with Gasteiger partial charge >= 0.3 is 0 Å². The van der Waals surface area contributed by atoms with Crippen LogP contribution in [0.2, 0.25) is 0 Å². The molecule has 0 aromatic heterocycles. The molecule has 0 aliphatic heterocycles. The molecule has 0 heterocycles. The molecule has 28 heavy (non-hydrogen) atoms. The lowest BCUT2D eigenvalue weighted by Crippen LogP contribution is -2.61. The van der Waals surface area contributed by atoms with Crippen molar-refractivity contribution in [3.05, 3.63) is 11.6 Å². The van der Waals surface area contributed by atoms with Gasteiger partial charge in [-0.2, -0.15) is 0 Å². The summed E-state index contributed by atoms with van der Waals surface area (Å²) in [5, 5.41) is 22.1. The van der Waals surface area contributed by atoms with E-state index in [0.29, 0.717) is 31.1 Å². The van der Waals surface area contributed by atoms with Gasteiger partial charge in [-0.1, -0.05) is 19.4 Å². The third-order valence-corrected chi connectivity index (χ3v) is 8.89. The molecule has 4 aliphatic carbocycles. The normalized spacial score (nSPS) is 47.4. The minimum absolute atomic E-state index is 0.00550. The Morgan fingerprint density at radius 3 is 2.71 bits per heavy atom. The predicted molar refractivity (Wildman–Crippen MR) is 100 cm³/mol. The second-order valence-corrected chi connectivity index (χ2v) is 9.77. The highest BCUT2D eigenvalue weighted by Crippen LogP contribution is 2.67. The van der Waals surface area contributed by atoms with Crippen LogP contribution in [0.1, 0.15) is 58.8 Å². The number of ether oxygens (including phenoxy) is 1. The molecule has 6 heteroatoms. The third-order valence-electron chi connectivity index (χ3n) is 8.89. The molecular formula is C22H30O6. The molecule has 0 spiro atoms. The molecule has 4 rings (SSSR count). The average Bonchev–Trinajstić information content (AvgIpc) is 2.88. The van der Waals surface area contributed by atoms with Crippen LogP contribution in [0.25, 0.3) is 0 Å². The van der Waals surface area contributed by atoms with Crippen molar-refractivity contribution in [3.8, 4) is 0 Å². The maximum Gasteiger partial charge on any atom is 0.293 e. The zero-order chi connectivity index (χ0) is 20.3. The van der Waals surface area contributed by atoms with Gasteiger partial charge in [0.25, 0.3) is 6.47 Å². The van der Waals surface area contributed by atoms with Crippen LogP contribution in [0.5, 0.6) is 0 Å². The molecular weight excluding hydrogens is 360 g/mol. The highest BCUT2D eigenvalue weighted by molar-refractivity contribution is 5.92. The van der Waals surface area contributed by atoms with E-state index in [1.165, 1.54) is 5.57 Å². The molecule has 0 saturated heterocycles. The van der Waals surface area contributed by atoms with E-state index in [4.69, 9.17) is 0 Å². The summed E-state index contributed by atoms with van der Waals surface area (Å²) in [5.41, 5.74) is -1.36. The van der Waals surface area contributed by atoms with Crippen LogP contribution >= 0.6 is 0 Å². The number of allylic oxidation sites excluding steroid dienone is 1. The number of ketones is 2. The van der Waals surface area contributed by atoms with Gasteiger partial charge in [0.05, 0.1) is 6.10 Å². The van der Waals surface area contributed by atoms with Crippen LogP contribution in [0.3, 0.4) is 0 Å². The number of rotatable bonds is 4. The summed E-state index contributed by atoms with van der Waals surface area (Å²) in [6, 6.07) is 0. The quantitative estimate of drug-likeness (QED) is 0.712. The van der Waals surface area contributed by atoms with Crippen LogP contribution in [-0.4, -0.2) is 46.6 Å². The molecule has 3 fully saturated rings. The zero-order valence-corrected chi connectivity index (χ0v) is 16.6. The minimum atomic E-state index is -1.88. The van der Waals surface area contributed by atoms with Crippen molar-refractivity contribution in [1.82, 2.24) is 0 Å². The van der Waals surface area contributed by atoms with E-state index >= 15 is 0 Å². The second kappa shape index (κ2) is 6.49. The molecule has 0 aromatic carbocycles. The standard InChI is InChI=1S/C22H30O6/c1-20-7-5-14(24)9-13(20)3-4-15-16(20)6-8-21(2)17(15)10-18(25)22(21,27)19(26)11-28-12-23/h9,12,15-18,25,27H,3-8,10-11H2,1-2H3/t15-,16+,17+,18-,20+,21+,22+/m1/s1.